The SMILES string of the molecule is Cc1cnc(CCNC(=O)c2ccc(CCC(C)(C)O)cc2)[nH]1. The standard InChI is InChI=1S/C18H25N3O2/c1-13-12-20-16(21-13)9-11-19-17(22)15-6-4-14(5-7-15)8-10-18(2,3)23/h4-7,12,23H,8-11H2,1-3H3,(H,19,22)(H,20,21). The normalized spacial score (nSPS) is 11.5. The monoisotopic (exact) mass is 315 g/mol. The van der Waals surface area contributed by atoms with E-state index in [1.54, 1.807) is 20.0 Å². The van der Waals surface area contributed by atoms with Crippen molar-refractivity contribution < 1.29 is 9.90 Å². The van der Waals surface area contributed by atoms with Crippen molar-refractivity contribution in [2.75, 3.05) is 6.54 Å². The van der Waals surface area contributed by atoms with Gasteiger partial charge in [0.05, 0.1) is 5.60 Å². The number of nitrogens with one attached hydrogen (secondary N) is 2. The van der Waals surface area contributed by atoms with Crippen molar-refractivity contribution in [3.8, 4) is 0 Å². The maximum Gasteiger partial charge on any atom is 0.251 e. The third kappa shape index (κ3) is 5.87. The predicted molar refractivity (Wildman–Crippen MR) is 90.4 cm³/mol. The number of nitrogens with zero attached hydrogens (tertiary/aromatic N) is 1. The van der Waals surface area contributed by atoms with E-state index in [0.29, 0.717) is 24.9 Å². The van der Waals surface area contributed by atoms with E-state index in [1.165, 1.54) is 0 Å². The molecule has 0 saturated carbocycles. The Balaban J connectivity index is 1.80. The Labute approximate surface area is 137 Å². The van der Waals surface area contributed by atoms with Crippen LogP contribution in [0.1, 0.15) is 47.7 Å². The highest BCUT2D eigenvalue weighted by molar-refractivity contribution is 5.94. The van der Waals surface area contributed by atoms with Crippen LogP contribution in [0, 0.1) is 6.92 Å². The molecule has 23 heavy (non-hydrogen) atoms. The number of aryl methyl sites for hydroxylation is 2. The van der Waals surface area contributed by atoms with E-state index in [0.717, 1.165) is 23.5 Å². The lowest BCUT2D eigenvalue weighted by Gasteiger charge is -2.16. The molecule has 0 aliphatic carbocycles. The summed E-state index contributed by atoms with van der Waals surface area (Å²) in [6.45, 7) is 6.10. The molecule has 0 spiro atoms. The molecule has 2 rings (SSSR count). The van der Waals surface area contributed by atoms with Crippen LogP contribution < -0.4 is 5.32 Å². The summed E-state index contributed by atoms with van der Waals surface area (Å²) in [5, 5.41) is 12.6. The van der Waals surface area contributed by atoms with E-state index in [2.05, 4.69) is 15.3 Å². The Bertz CT molecular complexity index is 639. The highest BCUT2D eigenvalue weighted by Gasteiger charge is 2.12. The molecule has 2 aromatic rings. The predicted octanol–water partition coefficient (Wildman–Crippen LogP) is 2.39. The van der Waals surface area contributed by atoms with Gasteiger partial charge in [0.1, 0.15) is 5.82 Å². The minimum Gasteiger partial charge on any atom is -0.390 e. The van der Waals surface area contributed by atoms with Gasteiger partial charge in [0.2, 0.25) is 0 Å². The smallest absolute Gasteiger partial charge is 0.251 e. The molecule has 1 aromatic carbocycles. The fourth-order valence-electron chi connectivity index (χ4n) is 2.26. The number of benzene rings is 1. The Kier molecular flexibility index (Phi) is 5.55. The van der Waals surface area contributed by atoms with Crippen LogP contribution >= 0.6 is 0 Å². The van der Waals surface area contributed by atoms with E-state index < -0.39 is 5.60 Å². The lowest BCUT2D eigenvalue weighted by atomic mass is 9.98. The minimum absolute atomic E-state index is 0.0812. The van der Waals surface area contributed by atoms with Gasteiger partial charge in [0.25, 0.3) is 5.91 Å². The van der Waals surface area contributed by atoms with Crippen LogP contribution in [0.15, 0.2) is 30.5 Å². The van der Waals surface area contributed by atoms with E-state index in [9.17, 15) is 9.90 Å². The van der Waals surface area contributed by atoms with Gasteiger partial charge in [-0.2, -0.15) is 0 Å². The second kappa shape index (κ2) is 7.42. The first-order valence-corrected chi connectivity index (χ1v) is 7.93. The zero-order chi connectivity index (χ0) is 16.9. The number of aliphatic hydroxyl groups is 1. The quantitative estimate of drug-likeness (QED) is 0.734. The Morgan fingerprint density at radius 1 is 1.26 bits per heavy atom. The second-order valence-electron chi connectivity index (χ2n) is 6.53. The fraction of sp³-hybridized carbons (Fsp3) is 0.444. The van der Waals surface area contributed by atoms with Gasteiger partial charge in [-0.25, -0.2) is 4.98 Å². The summed E-state index contributed by atoms with van der Waals surface area (Å²) in [4.78, 5) is 19.4. The van der Waals surface area contributed by atoms with Crippen LogP contribution in [0.25, 0.3) is 0 Å². The van der Waals surface area contributed by atoms with E-state index >= 15 is 0 Å². The maximum absolute atomic E-state index is 12.1. The molecular formula is C18H25N3O2. The summed E-state index contributed by atoms with van der Waals surface area (Å²) in [6, 6.07) is 7.53. The zero-order valence-corrected chi connectivity index (χ0v) is 14.0. The number of hydrogen-bond acceptors (Lipinski definition) is 3. The van der Waals surface area contributed by atoms with E-state index in [4.69, 9.17) is 0 Å². The van der Waals surface area contributed by atoms with Crippen molar-refractivity contribution in [1.82, 2.24) is 15.3 Å². The molecule has 124 valence electrons. The van der Waals surface area contributed by atoms with Gasteiger partial charge in [-0.15, -0.1) is 0 Å². The largest absolute Gasteiger partial charge is 0.390 e. The van der Waals surface area contributed by atoms with Crippen molar-refractivity contribution in [3.63, 3.8) is 0 Å². The number of hydrogen-bond donors (Lipinski definition) is 3. The first-order valence-electron chi connectivity index (χ1n) is 7.93. The van der Waals surface area contributed by atoms with Gasteiger partial charge >= 0.3 is 0 Å². The number of carbonyl (C=O) groups is 1. The summed E-state index contributed by atoms with van der Waals surface area (Å²) in [5.41, 5.74) is 2.12. The van der Waals surface area contributed by atoms with Crippen LogP contribution in [0.2, 0.25) is 0 Å². The molecule has 0 atom stereocenters. The third-order valence-electron chi connectivity index (χ3n) is 3.64. The first kappa shape index (κ1) is 17.2. The molecule has 5 nitrogen and oxygen atoms in total. The van der Waals surface area contributed by atoms with Crippen LogP contribution in [0.3, 0.4) is 0 Å². The Morgan fingerprint density at radius 3 is 2.52 bits per heavy atom. The molecule has 1 amide bonds. The summed E-state index contributed by atoms with van der Waals surface area (Å²) in [7, 11) is 0. The van der Waals surface area contributed by atoms with E-state index in [-0.39, 0.29) is 5.91 Å². The molecule has 3 N–H and O–H groups in total. The molecule has 0 saturated heterocycles. The number of H-pyrrole nitrogens is 1. The number of imidazole rings is 1. The highest BCUT2D eigenvalue weighted by Crippen LogP contribution is 2.13. The lowest BCUT2D eigenvalue weighted by Crippen LogP contribution is -2.26. The van der Waals surface area contributed by atoms with Crippen molar-refractivity contribution in [1.29, 1.82) is 0 Å². The molecule has 0 bridgehead atoms. The molecule has 5 heteroatoms. The fourth-order valence-corrected chi connectivity index (χ4v) is 2.26. The zero-order valence-electron chi connectivity index (χ0n) is 14.0. The highest BCUT2D eigenvalue weighted by atomic mass is 16.3. The van der Waals surface area contributed by atoms with E-state index in [1.807, 2.05) is 31.2 Å². The lowest BCUT2D eigenvalue weighted by molar-refractivity contribution is 0.0713. The average Bonchev–Trinajstić information content (AvgIpc) is 2.90. The summed E-state index contributed by atoms with van der Waals surface area (Å²) < 4.78 is 0. The molecular weight excluding hydrogens is 290 g/mol. The maximum atomic E-state index is 12.1. The molecule has 0 unspecified atom stereocenters. The average molecular weight is 315 g/mol. The topological polar surface area (TPSA) is 78.0 Å². The number of carbonyl (C=O) groups excluding carboxylic acids is 1. The number of aromatic amines is 1. The Morgan fingerprint density at radius 2 is 1.96 bits per heavy atom. The van der Waals surface area contributed by atoms with Gasteiger partial charge in [-0.3, -0.25) is 4.79 Å². The van der Waals surface area contributed by atoms with Crippen molar-refractivity contribution in [3.05, 3.63) is 53.1 Å². The van der Waals surface area contributed by atoms with Crippen LogP contribution in [0.5, 0.6) is 0 Å². The van der Waals surface area contributed by atoms with Gasteiger partial charge in [-0.1, -0.05) is 12.1 Å². The summed E-state index contributed by atoms with van der Waals surface area (Å²) in [6.07, 6.45) is 3.96. The Hall–Kier alpha value is -2.14. The van der Waals surface area contributed by atoms with Crippen molar-refractivity contribution in [2.24, 2.45) is 0 Å². The van der Waals surface area contributed by atoms with Gasteiger partial charge in [0, 0.05) is 30.4 Å². The van der Waals surface area contributed by atoms with Gasteiger partial charge in [-0.05, 0) is 51.3 Å². The minimum atomic E-state index is -0.666. The van der Waals surface area contributed by atoms with Crippen LogP contribution in [0.4, 0.5) is 0 Å². The van der Waals surface area contributed by atoms with Crippen LogP contribution in [-0.2, 0) is 12.8 Å². The molecule has 0 aliphatic rings. The van der Waals surface area contributed by atoms with Crippen molar-refractivity contribution in [2.45, 2.75) is 45.6 Å². The number of rotatable bonds is 7. The van der Waals surface area contributed by atoms with Gasteiger partial charge < -0.3 is 15.4 Å². The molecule has 1 heterocycles. The van der Waals surface area contributed by atoms with Crippen LogP contribution in [-0.4, -0.2) is 33.1 Å². The number of amides is 1. The first-order chi connectivity index (χ1) is 10.8. The third-order valence-corrected chi connectivity index (χ3v) is 3.64. The second-order valence-corrected chi connectivity index (χ2v) is 6.53. The summed E-state index contributed by atoms with van der Waals surface area (Å²) in [5.74, 6) is 0.798. The molecule has 0 aliphatic heterocycles. The van der Waals surface area contributed by atoms with Crippen molar-refractivity contribution >= 4 is 5.91 Å². The summed E-state index contributed by atoms with van der Waals surface area (Å²) >= 11 is 0. The molecule has 0 fully saturated rings. The van der Waals surface area contributed by atoms with Gasteiger partial charge in [0.15, 0.2) is 0 Å². The number of aromatic nitrogens is 2. The molecule has 1 aromatic heterocycles. The molecule has 0 radical (unpaired) electrons.